The summed E-state index contributed by atoms with van der Waals surface area (Å²) in [5, 5.41) is 0. The van der Waals surface area contributed by atoms with Crippen LogP contribution in [0.5, 0.6) is 0 Å². The lowest BCUT2D eigenvalue weighted by atomic mass is 9.97. The van der Waals surface area contributed by atoms with Crippen LogP contribution in [0.1, 0.15) is 18.4 Å². The normalized spacial score (nSPS) is 16.9. The Morgan fingerprint density at radius 1 is 1.26 bits per heavy atom. The van der Waals surface area contributed by atoms with E-state index in [0.717, 1.165) is 12.8 Å². The fourth-order valence-electron chi connectivity index (χ4n) is 2.56. The Morgan fingerprint density at radius 3 is 2.32 bits per heavy atom. The third kappa shape index (κ3) is 3.37. The van der Waals surface area contributed by atoms with Gasteiger partial charge in [-0.3, -0.25) is 0 Å². The Hall–Kier alpha value is -0.870. The second-order valence-corrected chi connectivity index (χ2v) is 5.19. The lowest BCUT2D eigenvalue weighted by Crippen LogP contribution is -2.36. The van der Waals surface area contributed by atoms with Crippen molar-refractivity contribution in [1.29, 1.82) is 0 Å². The average molecular weight is 290 g/mol. The second-order valence-electron chi connectivity index (χ2n) is 4.93. The van der Waals surface area contributed by atoms with Crippen LogP contribution in [0.25, 0.3) is 0 Å². The van der Waals surface area contributed by atoms with Crippen molar-refractivity contribution in [3.63, 3.8) is 0 Å². The highest BCUT2D eigenvalue weighted by atomic mass is 35.5. The molecule has 0 unspecified atom stereocenters. The number of hydrogen-bond acceptors (Lipinski definition) is 2. The number of piperidine rings is 1. The van der Waals surface area contributed by atoms with Crippen molar-refractivity contribution in [3.05, 3.63) is 29.3 Å². The van der Waals surface area contributed by atoms with E-state index < -0.39 is 11.6 Å². The fourth-order valence-corrected chi connectivity index (χ4v) is 2.71. The zero-order valence-corrected chi connectivity index (χ0v) is 11.7. The van der Waals surface area contributed by atoms with Crippen LogP contribution >= 0.6 is 11.6 Å². The quantitative estimate of drug-likeness (QED) is 0.786. The lowest BCUT2D eigenvalue weighted by molar-refractivity contribution is 0.139. The van der Waals surface area contributed by atoms with E-state index in [4.69, 9.17) is 16.3 Å². The van der Waals surface area contributed by atoms with Gasteiger partial charge in [0, 0.05) is 32.7 Å². The molecule has 0 aliphatic carbocycles. The van der Waals surface area contributed by atoms with Crippen molar-refractivity contribution >= 4 is 17.3 Å². The number of rotatable bonds is 4. The van der Waals surface area contributed by atoms with E-state index in [0.29, 0.717) is 31.2 Å². The van der Waals surface area contributed by atoms with Crippen LogP contribution in [0.3, 0.4) is 0 Å². The largest absolute Gasteiger partial charge is 0.384 e. The average Bonchev–Trinajstić information content (AvgIpc) is 2.40. The van der Waals surface area contributed by atoms with Crippen molar-refractivity contribution in [3.8, 4) is 0 Å². The van der Waals surface area contributed by atoms with E-state index >= 15 is 0 Å². The molecule has 1 fully saturated rings. The lowest BCUT2D eigenvalue weighted by Gasteiger charge is -2.33. The van der Waals surface area contributed by atoms with Gasteiger partial charge in [-0.05, 0) is 36.5 Å². The molecule has 0 N–H and O–H groups in total. The number of benzene rings is 1. The van der Waals surface area contributed by atoms with Gasteiger partial charge in [0.2, 0.25) is 0 Å². The zero-order valence-electron chi connectivity index (χ0n) is 11.0. The first kappa shape index (κ1) is 14.5. The summed E-state index contributed by atoms with van der Waals surface area (Å²) in [5.41, 5.74) is 0.541. The number of methoxy groups -OCH3 is 1. The maximum atomic E-state index is 14.0. The molecule has 1 aromatic rings. The van der Waals surface area contributed by atoms with E-state index in [-0.39, 0.29) is 11.6 Å². The minimum Gasteiger partial charge on any atom is -0.384 e. The molecule has 0 aromatic heterocycles. The third-order valence-electron chi connectivity index (χ3n) is 3.56. The summed E-state index contributed by atoms with van der Waals surface area (Å²) >= 11 is 5.60. The molecule has 1 saturated heterocycles. The SMILES string of the molecule is COCC1CCN(c2c(F)cc(CCl)cc2F)CC1. The first-order valence-corrected chi connectivity index (χ1v) is 6.97. The first-order valence-electron chi connectivity index (χ1n) is 6.43. The summed E-state index contributed by atoms with van der Waals surface area (Å²) in [7, 11) is 1.68. The van der Waals surface area contributed by atoms with Crippen molar-refractivity contribution in [2.24, 2.45) is 5.92 Å². The van der Waals surface area contributed by atoms with Crippen LogP contribution in [-0.4, -0.2) is 26.8 Å². The number of halogens is 3. The van der Waals surface area contributed by atoms with Crippen LogP contribution < -0.4 is 4.90 Å². The van der Waals surface area contributed by atoms with Gasteiger partial charge in [-0.15, -0.1) is 11.6 Å². The molecule has 0 atom stereocenters. The van der Waals surface area contributed by atoms with Crippen molar-refractivity contribution in [1.82, 2.24) is 0 Å². The van der Waals surface area contributed by atoms with Crippen molar-refractivity contribution in [2.75, 3.05) is 31.7 Å². The molecule has 1 aliphatic rings. The smallest absolute Gasteiger partial charge is 0.149 e. The van der Waals surface area contributed by atoms with Crippen LogP contribution in [0.4, 0.5) is 14.5 Å². The number of nitrogens with zero attached hydrogens (tertiary/aromatic N) is 1. The van der Waals surface area contributed by atoms with Gasteiger partial charge in [-0.2, -0.15) is 0 Å². The van der Waals surface area contributed by atoms with E-state index in [1.54, 1.807) is 12.0 Å². The molecular formula is C14H18ClF2NO. The Balaban J connectivity index is 2.11. The minimum absolute atomic E-state index is 0.0738. The van der Waals surface area contributed by atoms with E-state index in [2.05, 4.69) is 0 Å². The molecule has 2 nitrogen and oxygen atoms in total. The molecule has 106 valence electrons. The molecule has 5 heteroatoms. The molecule has 1 heterocycles. The van der Waals surface area contributed by atoms with E-state index in [1.807, 2.05) is 0 Å². The molecule has 0 bridgehead atoms. The fraction of sp³-hybridized carbons (Fsp3) is 0.571. The van der Waals surface area contributed by atoms with Crippen molar-refractivity contribution < 1.29 is 13.5 Å². The molecule has 19 heavy (non-hydrogen) atoms. The standard InChI is InChI=1S/C14H18ClF2NO/c1-19-9-10-2-4-18(5-3-10)14-12(16)6-11(8-15)7-13(14)17/h6-7,10H,2-5,8-9H2,1H3. The maximum Gasteiger partial charge on any atom is 0.149 e. The molecular weight excluding hydrogens is 272 g/mol. The summed E-state index contributed by atoms with van der Waals surface area (Å²) in [6, 6.07) is 2.62. The Morgan fingerprint density at radius 2 is 1.84 bits per heavy atom. The second kappa shape index (κ2) is 6.53. The van der Waals surface area contributed by atoms with Gasteiger partial charge < -0.3 is 9.64 Å². The molecule has 0 radical (unpaired) electrons. The number of ether oxygens (including phenoxy) is 1. The number of alkyl halides is 1. The minimum atomic E-state index is -0.527. The maximum absolute atomic E-state index is 14.0. The zero-order chi connectivity index (χ0) is 13.8. The van der Waals surface area contributed by atoms with Gasteiger partial charge in [0.25, 0.3) is 0 Å². The third-order valence-corrected chi connectivity index (χ3v) is 3.87. The van der Waals surface area contributed by atoms with Gasteiger partial charge in [0.1, 0.15) is 17.3 Å². The molecule has 1 aliphatic heterocycles. The molecule has 2 rings (SSSR count). The Bertz CT molecular complexity index is 410. The molecule has 0 spiro atoms. The summed E-state index contributed by atoms with van der Waals surface area (Å²) < 4.78 is 33.0. The summed E-state index contributed by atoms with van der Waals surface area (Å²) in [4.78, 5) is 1.77. The van der Waals surface area contributed by atoms with Crippen LogP contribution in [0.2, 0.25) is 0 Å². The Kier molecular flexibility index (Phi) is 4.99. The molecule has 1 aromatic carbocycles. The van der Waals surface area contributed by atoms with Crippen LogP contribution in [-0.2, 0) is 10.6 Å². The predicted molar refractivity (Wildman–Crippen MR) is 72.7 cm³/mol. The predicted octanol–water partition coefficient (Wildman–Crippen LogP) is 3.57. The first-order chi connectivity index (χ1) is 9.15. The highest BCUT2D eigenvalue weighted by Crippen LogP contribution is 2.29. The summed E-state index contributed by atoms with van der Waals surface area (Å²) in [6.45, 7) is 2.02. The van der Waals surface area contributed by atoms with E-state index in [1.165, 1.54) is 12.1 Å². The highest BCUT2D eigenvalue weighted by Gasteiger charge is 2.24. The van der Waals surface area contributed by atoms with Crippen LogP contribution in [0.15, 0.2) is 12.1 Å². The molecule has 0 saturated carbocycles. The summed E-state index contributed by atoms with van der Waals surface area (Å²) in [5.74, 6) is -0.458. The topological polar surface area (TPSA) is 12.5 Å². The number of hydrogen-bond donors (Lipinski definition) is 0. The van der Waals surface area contributed by atoms with Gasteiger partial charge in [0.15, 0.2) is 0 Å². The number of anilines is 1. The van der Waals surface area contributed by atoms with Gasteiger partial charge >= 0.3 is 0 Å². The van der Waals surface area contributed by atoms with Crippen LogP contribution in [0, 0.1) is 17.6 Å². The summed E-state index contributed by atoms with van der Waals surface area (Å²) in [6.07, 6.45) is 1.79. The molecule has 0 amide bonds. The van der Waals surface area contributed by atoms with Gasteiger partial charge in [0.05, 0.1) is 0 Å². The van der Waals surface area contributed by atoms with Crippen molar-refractivity contribution in [2.45, 2.75) is 18.7 Å². The van der Waals surface area contributed by atoms with Gasteiger partial charge in [-0.1, -0.05) is 0 Å². The Labute approximate surface area is 117 Å². The van der Waals surface area contributed by atoms with Gasteiger partial charge in [-0.25, -0.2) is 8.78 Å². The van der Waals surface area contributed by atoms with E-state index in [9.17, 15) is 8.78 Å². The highest BCUT2D eigenvalue weighted by molar-refractivity contribution is 6.17. The monoisotopic (exact) mass is 289 g/mol.